The SMILES string of the molecule is C=CC(=O)OCCC/C=C\CCOC1CCCC(C(F)(F)Oc2ccc(C(=O)OCCCCOC(=O)C=C)c(F)c2F)CC1. The summed E-state index contributed by atoms with van der Waals surface area (Å²) < 4.78 is 84.4. The zero-order chi connectivity index (χ0) is 32.4. The number of alkyl halides is 2. The number of hydrogen-bond acceptors (Lipinski definition) is 8. The van der Waals surface area contributed by atoms with Crippen LogP contribution in [-0.2, 0) is 28.5 Å². The van der Waals surface area contributed by atoms with E-state index in [-0.39, 0.29) is 38.6 Å². The van der Waals surface area contributed by atoms with Crippen LogP contribution in [0.15, 0.2) is 49.6 Å². The van der Waals surface area contributed by atoms with Crippen LogP contribution in [0.2, 0.25) is 0 Å². The van der Waals surface area contributed by atoms with Gasteiger partial charge in [-0.2, -0.15) is 13.2 Å². The molecule has 2 rings (SSSR count). The first-order valence-electron chi connectivity index (χ1n) is 14.7. The molecule has 44 heavy (non-hydrogen) atoms. The molecule has 2 atom stereocenters. The van der Waals surface area contributed by atoms with E-state index in [9.17, 15) is 23.2 Å². The number of unbranched alkanes of at least 4 members (excludes halogenated alkanes) is 2. The zero-order valence-electron chi connectivity index (χ0n) is 24.7. The van der Waals surface area contributed by atoms with Gasteiger partial charge < -0.3 is 23.7 Å². The maximum absolute atomic E-state index is 15.0. The Kier molecular flexibility index (Phi) is 16.2. The standard InChI is InChI=1S/C32H40F4O8/c1-3-27(37)41-20-9-7-5-6-8-19-40-24-14-12-13-23(15-16-24)32(35,36)44-26-18-17-25(29(33)30(26)34)31(39)43-22-11-10-21-42-28(38)4-2/h3-6,17-18,23-24H,1-2,7-16,19-22H2/b6-5-. The summed E-state index contributed by atoms with van der Waals surface area (Å²) in [6.45, 7) is 7.23. The Labute approximate surface area is 255 Å². The molecule has 0 aliphatic heterocycles. The first-order chi connectivity index (χ1) is 21.1. The minimum absolute atomic E-state index is 0.0677. The fourth-order valence-corrected chi connectivity index (χ4v) is 4.42. The average Bonchev–Trinajstić information content (AvgIpc) is 3.26. The fraction of sp³-hybridized carbons (Fsp3) is 0.531. The number of carbonyl (C=O) groups is 3. The Morgan fingerprint density at radius 1 is 0.795 bits per heavy atom. The number of halogens is 4. The van der Waals surface area contributed by atoms with Crippen LogP contribution >= 0.6 is 0 Å². The summed E-state index contributed by atoms with van der Waals surface area (Å²) in [5.74, 6) is -7.82. The topological polar surface area (TPSA) is 97.4 Å². The van der Waals surface area contributed by atoms with E-state index in [1.807, 2.05) is 12.2 Å². The van der Waals surface area contributed by atoms with Crippen LogP contribution < -0.4 is 4.74 Å². The molecule has 1 saturated carbocycles. The van der Waals surface area contributed by atoms with E-state index < -0.39 is 52.9 Å². The van der Waals surface area contributed by atoms with E-state index in [0.29, 0.717) is 51.7 Å². The lowest BCUT2D eigenvalue weighted by molar-refractivity contribution is -0.220. The Hall–Kier alpha value is -3.67. The maximum Gasteiger partial charge on any atom is 0.400 e. The van der Waals surface area contributed by atoms with Gasteiger partial charge in [0.25, 0.3) is 0 Å². The van der Waals surface area contributed by atoms with Gasteiger partial charge in [0.2, 0.25) is 5.82 Å². The van der Waals surface area contributed by atoms with Crippen LogP contribution in [0.1, 0.15) is 74.6 Å². The molecule has 0 amide bonds. The van der Waals surface area contributed by atoms with Gasteiger partial charge in [-0.3, -0.25) is 0 Å². The summed E-state index contributed by atoms with van der Waals surface area (Å²) >= 11 is 0. The van der Waals surface area contributed by atoms with E-state index >= 15 is 8.78 Å². The van der Waals surface area contributed by atoms with Crippen molar-refractivity contribution in [2.45, 2.75) is 76.4 Å². The highest BCUT2D eigenvalue weighted by molar-refractivity contribution is 5.90. The predicted octanol–water partition coefficient (Wildman–Crippen LogP) is 7.02. The van der Waals surface area contributed by atoms with Crippen molar-refractivity contribution >= 4 is 17.9 Å². The van der Waals surface area contributed by atoms with Crippen molar-refractivity contribution < 1.29 is 55.6 Å². The predicted molar refractivity (Wildman–Crippen MR) is 153 cm³/mol. The summed E-state index contributed by atoms with van der Waals surface area (Å²) in [4.78, 5) is 34.1. The molecule has 0 bridgehead atoms. The van der Waals surface area contributed by atoms with Gasteiger partial charge in [-0.25, -0.2) is 18.8 Å². The fourth-order valence-electron chi connectivity index (χ4n) is 4.42. The van der Waals surface area contributed by atoms with Crippen molar-refractivity contribution in [3.8, 4) is 5.75 Å². The van der Waals surface area contributed by atoms with Gasteiger partial charge in [0.15, 0.2) is 11.6 Å². The number of carbonyl (C=O) groups excluding carboxylic acids is 3. The van der Waals surface area contributed by atoms with Gasteiger partial charge in [-0.15, -0.1) is 0 Å². The van der Waals surface area contributed by atoms with Gasteiger partial charge >= 0.3 is 24.0 Å². The van der Waals surface area contributed by atoms with Crippen LogP contribution in [0.25, 0.3) is 0 Å². The molecule has 8 nitrogen and oxygen atoms in total. The molecule has 1 aromatic rings. The largest absolute Gasteiger partial charge is 0.463 e. The lowest BCUT2D eigenvalue weighted by Gasteiger charge is -2.26. The second-order valence-corrected chi connectivity index (χ2v) is 10.1. The number of hydrogen-bond donors (Lipinski definition) is 0. The first kappa shape index (κ1) is 36.5. The van der Waals surface area contributed by atoms with Crippen LogP contribution in [-0.4, -0.2) is 56.5 Å². The summed E-state index contributed by atoms with van der Waals surface area (Å²) in [6.07, 6.45) is 6.33. The minimum atomic E-state index is -3.78. The van der Waals surface area contributed by atoms with Gasteiger partial charge in [0.05, 0.1) is 44.0 Å². The Bertz CT molecular complexity index is 1140. The normalized spacial score (nSPS) is 17.0. The number of rotatable bonds is 19. The van der Waals surface area contributed by atoms with E-state index in [1.54, 1.807) is 0 Å². The number of allylic oxidation sites excluding steroid dienone is 1. The molecule has 1 fully saturated rings. The first-order valence-corrected chi connectivity index (χ1v) is 14.7. The Balaban J connectivity index is 1.77. The lowest BCUT2D eigenvalue weighted by Crippen LogP contribution is -2.35. The molecule has 2 unspecified atom stereocenters. The highest BCUT2D eigenvalue weighted by atomic mass is 19.3. The van der Waals surface area contributed by atoms with Gasteiger partial charge in [-0.05, 0) is 69.9 Å². The monoisotopic (exact) mass is 628 g/mol. The smallest absolute Gasteiger partial charge is 0.400 e. The van der Waals surface area contributed by atoms with Crippen molar-refractivity contribution in [3.63, 3.8) is 0 Å². The molecule has 1 aliphatic carbocycles. The Morgan fingerprint density at radius 3 is 2.11 bits per heavy atom. The molecule has 0 radical (unpaired) electrons. The molecule has 0 N–H and O–H groups in total. The highest BCUT2D eigenvalue weighted by Crippen LogP contribution is 2.39. The van der Waals surface area contributed by atoms with E-state index in [0.717, 1.165) is 30.7 Å². The van der Waals surface area contributed by atoms with Gasteiger partial charge in [-0.1, -0.05) is 31.7 Å². The molecule has 0 saturated heterocycles. The second kappa shape index (κ2) is 19.6. The lowest BCUT2D eigenvalue weighted by atomic mass is 9.99. The molecule has 0 aromatic heterocycles. The van der Waals surface area contributed by atoms with Crippen molar-refractivity contribution in [3.05, 3.63) is 66.8 Å². The second-order valence-electron chi connectivity index (χ2n) is 10.1. The van der Waals surface area contributed by atoms with Crippen LogP contribution in [0.4, 0.5) is 17.6 Å². The molecule has 12 heteroatoms. The number of esters is 3. The number of benzene rings is 1. The van der Waals surface area contributed by atoms with Gasteiger partial charge in [0, 0.05) is 12.2 Å². The van der Waals surface area contributed by atoms with Crippen LogP contribution in [0, 0.1) is 17.6 Å². The summed E-state index contributed by atoms with van der Waals surface area (Å²) in [7, 11) is 0. The van der Waals surface area contributed by atoms with Crippen LogP contribution in [0.5, 0.6) is 5.75 Å². The third-order valence-electron chi connectivity index (χ3n) is 6.82. The van der Waals surface area contributed by atoms with Gasteiger partial charge in [0.1, 0.15) is 0 Å². The van der Waals surface area contributed by atoms with E-state index in [1.165, 1.54) is 0 Å². The highest BCUT2D eigenvalue weighted by Gasteiger charge is 2.44. The van der Waals surface area contributed by atoms with Crippen molar-refractivity contribution in [1.29, 1.82) is 0 Å². The zero-order valence-corrected chi connectivity index (χ0v) is 24.7. The van der Waals surface area contributed by atoms with E-state index in [4.69, 9.17) is 18.9 Å². The van der Waals surface area contributed by atoms with Crippen molar-refractivity contribution in [2.75, 3.05) is 26.4 Å². The molecule has 0 spiro atoms. The summed E-state index contributed by atoms with van der Waals surface area (Å²) in [5, 5.41) is 0. The summed E-state index contributed by atoms with van der Waals surface area (Å²) in [5.41, 5.74) is -0.755. The maximum atomic E-state index is 15.0. The molecule has 0 heterocycles. The average molecular weight is 629 g/mol. The van der Waals surface area contributed by atoms with E-state index in [2.05, 4.69) is 17.9 Å². The molecular weight excluding hydrogens is 588 g/mol. The minimum Gasteiger partial charge on any atom is -0.463 e. The molecule has 244 valence electrons. The Morgan fingerprint density at radius 2 is 1.43 bits per heavy atom. The molecular formula is C32H40F4O8. The third-order valence-corrected chi connectivity index (χ3v) is 6.82. The van der Waals surface area contributed by atoms with Crippen molar-refractivity contribution in [1.82, 2.24) is 0 Å². The molecule has 1 aromatic carbocycles. The number of ether oxygens (including phenoxy) is 5. The summed E-state index contributed by atoms with van der Waals surface area (Å²) in [6, 6.07) is 1.61. The van der Waals surface area contributed by atoms with Crippen molar-refractivity contribution in [2.24, 2.45) is 5.92 Å². The molecule has 1 aliphatic rings. The third kappa shape index (κ3) is 12.9. The van der Waals surface area contributed by atoms with Crippen LogP contribution in [0.3, 0.4) is 0 Å². The quantitative estimate of drug-likeness (QED) is 0.0307.